The number of nitrogen functional groups attached to an aromatic ring is 2. The number of pyridine rings is 9. The number of aromatic nitrogens is 9. The molecule has 27 nitrogen and oxygen atoms in total. The molecule has 12 aromatic rings. The predicted octanol–water partition coefficient (Wildman–Crippen LogP) is 20.3. The molecule has 41 heteroatoms. The number of hydrogen-bond acceptors (Lipinski definition) is 21. The van der Waals surface area contributed by atoms with Gasteiger partial charge in [-0.2, -0.15) is 15.8 Å². The molecule has 3 aromatic carbocycles. The lowest BCUT2D eigenvalue weighted by atomic mass is 10.0. The normalized spacial score (nSPS) is 14.5. The lowest BCUT2D eigenvalue weighted by Crippen LogP contribution is -2.54. The van der Waals surface area contributed by atoms with Crippen molar-refractivity contribution < 1.29 is 41.4 Å². The number of fused-ring (bicyclic) bond motifs is 3. The highest BCUT2D eigenvalue weighted by molar-refractivity contribution is 6.41. The molecule has 0 unspecified atom stereocenters. The predicted molar refractivity (Wildman–Crippen MR) is 529 cm³/mol. The highest BCUT2D eigenvalue weighted by Crippen LogP contribution is 2.51. The Kier molecular flexibility index (Phi) is 30.1. The Morgan fingerprint density at radius 1 is 0.438 bits per heavy atom. The van der Waals surface area contributed by atoms with E-state index in [1.165, 1.54) is 51.0 Å². The first-order valence-corrected chi connectivity index (χ1v) is 45.8. The Morgan fingerprint density at radius 3 is 1.04 bits per heavy atom. The second-order valence-electron chi connectivity index (χ2n) is 33.5. The number of rotatable bonds is 15. The zero-order chi connectivity index (χ0) is 100. The number of benzene rings is 3. The summed E-state index contributed by atoms with van der Waals surface area (Å²) < 4.78 is 78.7. The number of carbonyl (C=O) groups is 3. The molecule has 0 aliphatic carbocycles. The van der Waals surface area contributed by atoms with Crippen molar-refractivity contribution in [2.24, 2.45) is 0 Å². The van der Waals surface area contributed by atoms with E-state index in [0.29, 0.717) is 88.1 Å². The maximum atomic E-state index is 15.6. The maximum absolute atomic E-state index is 15.6. The SMILES string of the molecule is C=CC(=O)N1CCN(c2c(C#N)c(=O)n(-c3c(C)ccnc3C(C)C)c3nc(-c4c(C)c(Cl)c(F)c(Cl)c4O)c(Cl)cc23)CC1.C=CC(=O)N1CCN(c2c(C#N)c(=O)n(-c3c(C)ccnc3C(C)C)c3nc(-c4c(N)c(Cl)c(F)c(Cl)c4F)c(Cl)cc23)C[C@H]1C.C=CC(=O)N1CCN(c2c(C#N)c(=O)n(-c3c(C)ccnc3C(C)C)c3nc(-c4c(N)c(Cl)c(F)c(Cl)c4F)c(Cl)cc23)C[C@H]1C. The number of piperazine rings is 3. The summed E-state index contributed by atoms with van der Waals surface area (Å²) in [6, 6.07) is 15.3. The minimum Gasteiger partial charge on any atom is -0.506 e. The number of aryl methyl sites for hydroxylation is 3. The monoisotopic (exact) mass is 2040 g/mol. The summed E-state index contributed by atoms with van der Waals surface area (Å²) in [7, 11) is 0. The number of nitrogens with zero attached hydrogens (tertiary/aromatic N) is 18. The van der Waals surface area contributed by atoms with Gasteiger partial charge in [0.25, 0.3) is 16.7 Å². The lowest BCUT2D eigenvalue weighted by Gasteiger charge is -2.41. The van der Waals surface area contributed by atoms with E-state index in [2.05, 4.69) is 52.9 Å². The number of nitriles is 3. The molecule has 0 saturated carbocycles. The molecule has 0 spiro atoms. The summed E-state index contributed by atoms with van der Waals surface area (Å²) in [5, 5.41) is 39.0. The van der Waals surface area contributed by atoms with E-state index in [9.17, 15) is 62.8 Å². The Morgan fingerprint density at radius 2 is 0.737 bits per heavy atom. The molecule has 708 valence electrons. The van der Waals surface area contributed by atoms with Crippen molar-refractivity contribution in [2.45, 2.75) is 113 Å². The molecular formula is C96H84Cl9F5N20O7. The fourth-order valence-corrected chi connectivity index (χ4v) is 19.4. The van der Waals surface area contributed by atoms with E-state index >= 15 is 8.78 Å². The molecule has 137 heavy (non-hydrogen) atoms. The molecule has 5 N–H and O–H groups in total. The van der Waals surface area contributed by atoms with Crippen LogP contribution in [0.1, 0.15) is 129 Å². The van der Waals surface area contributed by atoms with Crippen LogP contribution in [0.4, 0.5) is 50.4 Å². The number of phenols is 1. The summed E-state index contributed by atoms with van der Waals surface area (Å²) >= 11 is 56.7. The van der Waals surface area contributed by atoms with Crippen molar-refractivity contribution in [3.05, 3.63) is 254 Å². The average molecular weight is 2040 g/mol. The first-order valence-electron chi connectivity index (χ1n) is 42.4. The summed E-state index contributed by atoms with van der Waals surface area (Å²) in [6.07, 6.45) is 8.57. The fraction of sp³-hybridized carbons (Fsp3) is 0.281. The van der Waals surface area contributed by atoms with Gasteiger partial charge < -0.3 is 46.0 Å². The van der Waals surface area contributed by atoms with Gasteiger partial charge in [0.15, 0.2) is 29.1 Å². The number of nitrogens with two attached hydrogens (primary N) is 2. The van der Waals surface area contributed by atoms with E-state index < -0.39 is 99.1 Å². The molecular weight excluding hydrogens is 1960 g/mol. The minimum atomic E-state index is -1.24. The van der Waals surface area contributed by atoms with E-state index in [4.69, 9.17) is 131 Å². The van der Waals surface area contributed by atoms with Crippen LogP contribution in [-0.2, 0) is 14.4 Å². The van der Waals surface area contributed by atoms with Crippen molar-refractivity contribution >= 4 is 184 Å². The molecule has 3 amide bonds. The number of carbonyl (C=O) groups excluding carboxylic acids is 3. The van der Waals surface area contributed by atoms with E-state index in [-0.39, 0.29) is 191 Å². The molecule has 3 fully saturated rings. The number of phenolic OH excluding ortho intramolecular Hbond substituents is 1. The average Bonchev–Trinajstić information content (AvgIpc) is 0.727. The zero-order valence-electron chi connectivity index (χ0n) is 75.4. The maximum Gasteiger partial charge on any atom is 0.276 e. The number of amides is 3. The molecule has 3 aliphatic rings. The van der Waals surface area contributed by atoms with Crippen LogP contribution in [0, 0.1) is 90.8 Å². The number of hydrogen-bond donors (Lipinski definition) is 3. The van der Waals surface area contributed by atoms with Crippen LogP contribution in [0.2, 0.25) is 45.2 Å². The van der Waals surface area contributed by atoms with Crippen LogP contribution in [0.3, 0.4) is 0 Å². The van der Waals surface area contributed by atoms with Crippen molar-refractivity contribution in [3.8, 4) is 74.8 Å². The third-order valence-corrected chi connectivity index (χ3v) is 27.1. The number of aromatic hydroxyl groups is 1. The Balaban J connectivity index is 0.000000174. The number of anilines is 5. The van der Waals surface area contributed by atoms with Gasteiger partial charge >= 0.3 is 0 Å². The van der Waals surface area contributed by atoms with E-state index in [1.807, 2.05) is 77.0 Å². The van der Waals surface area contributed by atoms with Gasteiger partial charge in [-0.25, -0.2) is 36.9 Å². The highest BCUT2D eigenvalue weighted by atomic mass is 35.5. The first-order chi connectivity index (χ1) is 64.8. The quantitative estimate of drug-likeness (QED) is 0.0282. The summed E-state index contributed by atoms with van der Waals surface area (Å²) in [5.41, 5.74) is 13.2. The van der Waals surface area contributed by atoms with Gasteiger partial charge in [0.1, 0.15) is 82.7 Å². The van der Waals surface area contributed by atoms with Gasteiger partial charge in [-0.15, -0.1) is 0 Å². The summed E-state index contributed by atoms with van der Waals surface area (Å²) in [6.45, 7) is 35.7. The second-order valence-corrected chi connectivity index (χ2v) is 37.0. The van der Waals surface area contributed by atoms with Gasteiger partial charge in [-0.05, 0) is 136 Å². The smallest absolute Gasteiger partial charge is 0.276 e. The van der Waals surface area contributed by atoms with Crippen molar-refractivity contribution in [1.29, 1.82) is 15.8 Å². The van der Waals surface area contributed by atoms with Crippen molar-refractivity contribution in [3.63, 3.8) is 0 Å². The molecule has 0 bridgehead atoms. The summed E-state index contributed by atoms with van der Waals surface area (Å²) in [5.74, 6) is -7.71. The molecule has 9 aromatic heterocycles. The molecule has 2 atom stereocenters. The largest absolute Gasteiger partial charge is 0.506 e. The lowest BCUT2D eigenvalue weighted by molar-refractivity contribution is -0.129. The molecule has 3 saturated heterocycles. The third-order valence-electron chi connectivity index (χ3n) is 24.1. The van der Waals surface area contributed by atoms with Crippen LogP contribution >= 0.6 is 104 Å². The summed E-state index contributed by atoms with van der Waals surface area (Å²) in [4.78, 5) is 119. The zero-order valence-corrected chi connectivity index (χ0v) is 82.2. The highest BCUT2D eigenvalue weighted by Gasteiger charge is 2.39. The minimum absolute atomic E-state index is 0.000753. The van der Waals surface area contributed by atoms with Crippen LogP contribution in [0.25, 0.3) is 83.9 Å². The van der Waals surface area contributed by atoms with Crippen LogP contribution < -0.4 is 42.8 Å². The number of halogens is 14. The Hall–Kier alpha value is -12.7. The van der Waals surface area contributed by atoms with Crippen molar-refractivity contribution in [1.82, 2.24) is 58.3 Å². The second kappa shape index (κ2) is 40.6. The van der Waals surface area contributed by atoms with E-state index in [0.717, 1.165) is 0 Å². The van der Waals surface area contributed by atoms with Crippen molar-refractivity contribution in [2.75, 3.05) is 91.6 Å². The van der Waals surface area contributed by atoms with E-state index in [1.54, 1.807) is 71.4 Å². The Bertz CT molecular complexity index is 7140. The first kappa shape index (κ1) is 102. The molecule has 15 rings (SSSR count). The molecule has 12 heterocycles. The fourth-order valence-electron chi connectivity index (χ4n) is 17.4. The van der Waals surface area contributed by atoms with Gasteiger partial charge in [0.2, 0.25) is 17.7 Å². The topological polar surface area (TPSA) is 358 Å². The standard InChI is InChI=1S/2C32H28Cl3F2N7O2.C32H28Cl3FN6O3/c2*1-6-20(45)43-10-9-42(13-16(43)5)30-17-11-19(33)28(21-24(36)22(34)25(37)23(35)26(21)39)41-31(17)44(32(46)18(30)12-38)29-15(4)7-8-40-27(29)14(2)3;1-6-21(43)40-9-11-41(12-10-40)29-18-13-20(33)27(22-17(5)23(34)25(36)24(35)30(22)44)39-31(18)42(32(45)19(29)14-37)28-16(4)7-8-38-26(28)15(2)3/h2*6-8,11,14,16H,1,9-10,13,39H2,2-5H3;6-8,13,15,44H,1,9-12H2,2-5H3/t2*16-;/m11./s1. The van der Waals surface area contributed by atoms with Gasteiger partial charge in [-0.3, -0.25) is 57.4 Å². The van der Waals surface area contributed by atoms with Gasteiger partial charge in [0.05, 0.1) is 111 Å². The van der Waals surface area contributed by atoms with Crippen LogP contribution in [-0.4, -0.2) is 159 Å². The Labute approximate surface area is 826 Å². The third kappa shape index (κ3) is 18.0. The molecule has 0 radical (unpaired) electrons. The van der Waals surface area contributed by atoms with Crippen LogP contribution in [0.5, 0.6) is 5.75 Å². The molecule has 3 aliphatic heterocycles. The van der Waals surface area contributed by atoms with Crippen LogP contribution in [0.15, 0.2) is 107 Å². The van der Waals surface area contributed by atoms with Gasteiger partial charge in [-0.1, -0.05) is 166 Å². The van der Waals surface area contributed by atoms with Gasteiger partial charge in [0, 0.05) is 118 Å².